The molecule has 0 bridgehead atoms. The van der Waals surface area contributed by atoms with Crippen LogP contribution in [0.15, 0.2) is 46.3 Å². The number of thiazole rings is 1. The molecule has 30 heavy (non-hydrogen) atoms. The Morgan fingerprint density at radius 2 is 1.67 bits per heavy atom. The van der Waals surface area contributed by atoms with E-state index in [4.69, 9.17) is 4.74 Å². The molecule has 0 unspecified atom stereocenters. The maximum atomic E-state index is 12.7. The molecule has 2 heterocycles. The maximum Gasteiger partial charge on any atom is 0.279 e. The molecular weight excluding hydrogens is 422 g/mol. The van der Waals surface area contributed by atoms with Crippen molar-refractivity contribution in [3.8, 4) is 0 Å². The summed E-state index contributed by atoms with van der Waals surface area (Å²) in [5.74, 6) is -0.400. The van der Waals surface area contributed by atoms with Crippen LogP contribution in [0.25, 0.3) is 10.2 Å². The number of nitrogens with zero attached hydrogens (tertiary/aromatic N) is 3. The van der Waals surface area contributed by atoms with E-state index in [0.717, 1.165) is 21.3 Å². The zero-order chi connectivity index (χ0) is 21.5. The SMILES string of the molecule is Cc1ccc(C)c2c1sc(=NC(=O)c1ccc(S(=O)(=O)N3CCOCC3)cc1)n2C. The molecule has 0 atom stereocenters. The second kappa shape index (κ2) is 8.07. The minimum atomic E-state index is -3.59. The van der Waals surface area contributed by atoms with E-state index in [2.05, 4.69) is 17.1 Å². The molecule has 9 heteroatoms. The number of hydrogen-bond donors (Lipinski definition) is 0. The Hall–Kier alpha value is -2.33. The molecule has 4 rings (SSSR count). The molecule has 0 N–H and O–H groups in total. The first kappa shape index (κ1) is 20.9. The third-order valence-electron chi connectivity index (χ3n) is 5.25. The molecule has 0 saturated carbocycles. The summed E-state index contributed by atoms with van der Waals surface area (Å²) in [6.45, 7) is 5.52. The number of aromatic nitrogens is 1. The molecule has 158 valence electrons. The van der Waals surface area contributed by atoms with Crippen LogP contribution < -0.4 is 4.80 Å². The predicted octanol–water partition coefficient (Wildman–Crippen LogP) is 2.62. The van der Waals surface area contributed by atoms with Gasteiger partial charge >= 0.3 is 0 Å². The van der Waals surface area contributed by atoms with E-state index in [-0.39, 0.29) is 4.90 Å². The fourth-order valence-electron chi connectivity index (χ4n) is 3.53. The molecule has 1 aromatic heterocycles. The lowest BCUT2D eigenvalue weighted by molar-refractivity contribution is 0.0730. The van der Waals surface area contributed by atoms with E-state index in [9.17, 15) is 13.2 Å². The molecule has 1 aliphatic heterocycles. The number of morpholine rings is 1. The van der Waals surface area contributed by atoms with E-state index >= 15 is 0 Å². The summed E-state index contributed by atoms with van der Waals surface area (Å²) in [5, 5.41) is 0. The minimum absolute atomic E-state index is 0.166. The van der Waals surface area contributed by atoms with Gasteiger partial charge in [-0.2, -0.15) is 9.30 Å². The maximum absolute atomic E-state index is 12.7. The Morgan fingerprint density at radius 1 is 1.03 bits per heavy atom. The fraction of sp³-hybridized carbons (Fsp3) is 0.333. The summed E-state index contributed by atoms with van der Waals surface area (Å²) in [6.07, 6.45) is 0. The zero-order valence-electron chi connectivity index (χ0n) is 17.1. The summed E-state index contributed by atoms with van der Waals surface area (Å²) < 4.78 is 35.1. The second-order valence-corrected chi connectivity index (χ2v) is 10.2. The lowest BCUT2D eigenvalue weighted by atomic mass is 10.1. The van der Waals surface area contributed by atoms with Gasteiger partial charge in [-0.25, -0.2) is 8.42 Å². The van der Waals surface area contributed by atoms with Crippen LogP contribution in [0.4, 0.5) is 0 Å². The van der Waals surface area contributed by atoms with Crippen molar-refractivity contribution in [3.05, 3.63) is 57.9 Å². The van der Waals surface area contributed by atoms with Gasteiger partial charge in [0.1, 0.15) is 0 Å². The van der Waals surface area contributed by atoms with Crippen LogP contribution in [0.2, 0.25) is 0 Å². The number of fused-ring (bicyclic) bond motifs is 1. The van der Waals surface area contributed by atoms with Crippen molar-refractivity contribution in [3.63, 3.8) is 0 Å². The van der Waals surface area contributed by atoms with E-state index in [0.29, 0.717) is 36.7 Å². The van der Waals surface area contributed by atoms with Crippen molar-refractivity contribution in [2.45, 2.75) is 18.7 Å². The Bertz CT molecular complexity index is 1280. The Balaban J connectivity index is 1.65. The number of ether oxygens (including phenoxy) is 1. The molecule has 0 aliphatic carbocycles. The molecule has 1 fully saturated rings. The highest BCUT2D eigenvalue weighted by Gasteiger charge is 2.26. The first-order chi connectivity index (χ1) is 14.3. The summed E-state index contributed by atoms with van der Waals surface area (Å²) >= 11 is 1.47. The van der Waals surface area contributed by atoms with Gasteiger partial charge in [-0.3, -0.25) is 4.79 Å². The standard InChI is InChI=1S/C21H23N3O4S2/c1-14-4-5-15(2)19-18(14)23(3)21(29-19)22-20(25)16-6-8-17(9-7-16)30(26,27)24-10-12-28-13-11-24/h4-9H,10-13H2,1-3H3. The number of benzene rings is 2. The van der Waals surface area contributed by atoms with Gasteiger partial charge in [0.25, 0.3) is 5.91 Å². The van der Waals surface area contributed by atoms with Gasteiger partial charge in [-0.1, -0.05) is 23.5 Å². The third-order valence-corrected chi connectivity index (χ3v) is 8.43. The van der Waals surface area contributed by atoms with E-state index in [1.54, 1.807) is 0 Å². The molecule has 1 aliphatic rings. The summed E-state index contributed by atoms with van der Waals surface area (Å²) in [5.41, 5.74) is 3.68. The molecular formula is C21H23N3O4S2. The van der Waals surface area contributed by atoms with Crippen molar-refractivity contribution < 1.29 is 17.9 Å². The molecule has 2 aromatic carbocycles. The monoisotopic (exact) mass is 445 g/mol. The highest BCUT2D eigenvalue weighted by atomic mass is 32.2. The van der Waals surface area contributed by atoms with Crippen molar-refractivity contribution in [1.82, 2.24) is 8.87 Å². The number of carbonyl (C=O) groups is 1. The molecule has 0 radical (unpaired) electrons. The number of hydrogen-bond acceptors (Lipinski definition) is 5. The smallest absolute Gasteiger partial charge is 0.279 e. The lowest BCUT2D eigenvalue weighted by Gasteiger charge is -2.26. The van der Waals surface area contributed by atoms with E-state index in [1.807, 2.05) is 25.5 Å². The first-order valence-corrected chi connectivity index (χ1v) is 11.9. The van der Waals surface area contributed by atoms with Crippen molar-refractivity contribution >= 4 is 37.5 Å². The van der Waals surface area contributed by atoms with E-state index in [1.165, 1.54) is 39.9 Å². The van der Waals surface area contributed by atoms with Gasteiger partial charge in [0, 0.05) is 25.7 Å². The Kier molecular flexibility index (Phi) is 5.63. The number of amides is 1. The number of aryl methyl sites for hydroxylation is 3. The largest absolute Gasteiger partial charge is 0.379 e. The number of carbonyl (C=O) groups excluding carboxylic acids is 1. The molecule has 0 spiro atoms. The van der Waals surface area contributed by atoms with Crippen molar-refractivity contribution in [2.24, 2.45) is 12.0 Å². The number of rotatable bonds is 3. The second-order valence-electron chi connectivity index (χ2n) is 7.28. The van der Waals surface area contributed by atoms with Gasteiger partial charge in [0.2, 0.25) is 10.0 Å². The summed E-state index contributed by atoms with van der Waals surface area (Å²) in [4.78, 5) is 17.8. The average molecular weight is 446 g/mol. The van der Waals surface area contributed by atoms with Crippen molar-refractivity contribution in [2.75, 3.05) is 26.3 Å². The van der Waals surface area contributed by atoms with Crippen LogP contribution in [-0.4, -0.2) is 49.5 Å². The van der Waals surface area contributed by atoms with E-state index < -0.39 is 15.9 Å². The average Bonchev–Trinajstić information content (AvgIpc) is 3.09. The van der Waals surface area contributed by atoms with Gasteiger partial charge in [-0.15, -0.1) is 0 Å². The quantitative estimate of drug-likeness (QED) is 0.621. The van der Waals surface area contributed by atoms with Crippen LogP contribution in [-0.2, 0) is 21.8 Å². The molecule has 1 amide bonds. The van der Waals surface area contributed by atoms with Crippen LogP contribution in [0.5, 0.6) is 0 Å². The molecule has 3 aromatic rings. The van der Waals surface area contributed by atoms with Gasteiger partial charge < -0.3 is 9.30 Å². The number of sulfonamides is 1. The highest BCUT2D eigenvalue weighted by Crippen LogP contribution is 2.24. The Labute approximate surface area is 179 Å². The van der Waals surface area contributed by atoms with Gasteiger partial charge in [0.15, 0.2) is 4.80 Å². The van der Waals surface area contributed by atoms with Crippen LogP contribution >= 0.6 is 11.3 Å². The summed E-state index contributed by atoms with van der Waals surface area (Å²) in [7, 11) is -1.69. The minimum Gasteiger partial charge on any atom is -0.379 e. The van der Waals surface area contributed by atoms with Crippen LogP contribution in [0.1, 0.15) is 21.5 Å². The topological polar surface area (TPSA) is 81.0 Å². The van der Waals surface area contributed by atoms with Crippen LogP contribution in [0.3, 0.4) is 0 Å². The van der Waals surface area contributed by atoms with Crippen molar-refractivity contribution in [1.29, 1.82) is 0 Å². The summed E-state index contributed by atoms with van der Waals surface area (Å²) in [6, 6.07) is 10.1. The predicted molar refractivity (Wildman–Crippen MR) is 116 cm³/mol. The third kappa shape index (κ3) is 3.74. The lowest BCUT2D eigenvalue weighted by Crippen LogP contribution is -2.40. The fourth-order valence-corrected chi connectivity index (χ4v) is 6.10. The van der Waals surface area contributed by atoms with Crippen LogP contribution in [0, 0.1) is 13.8 Å². The van der Waals surface area contributed by atoms with Gasteiger partial charge in [0.05, 0.1) is 28.3 Å². The first-order valence-electron chi connectivity index (χ1n) is 9.62. The Morgan fingerprint density at radius 3 is 2.30 bits per heavy atom. The van der Waals surface area contributed by atoms with Gasteiger partial charge in [-0.05, 0) is 49.2 Å². The normalized spacial score (nSPS) is 16.3. The zero-order valence-corrected chi connectivity index (χ0v) is 18.7. The molecule has 1 saturated heterocycles. The highest BCUT2D eigenvalue weighted by molar-refractivity contribution is 7.89. The molecule has 7 nitrogen and oxygen atoms in total.